The third-order valence-corrected chi connectivity index (χ3v) is 5.12. The van der Waals surface area contributed by atoms with Crippen LogP contribution in [0.5, 0.6) is 0 Å². The van der Waals surface area contributed by atoms with Crippen molar-refractivity contribution < 1.29 is 4.79 Å². The minimum Gasteiger partial charge on any atom is -0.304 e. The van der Waals surface area contributed by atoms with E-state index in [9.17, 15) is 4.79 Å². The number of carbonyl (C=O) groups excluding carboxylic acids is 1. The van der Waals surface area contributed by atoms with E-state index >= 15 is 0 Å². The monoisotopic (exact) mass is 349 g/mol. The summed E-state index contributed by atoms with van der Waals surface area (Å²) < 4.78 is 0. The summed E-state index contributed by atoms with van der Waals surface area (Å²) in [6.07, 6.45) is 3.84. The van der Waals surface area contributed by atoms with E-state index in [-0.39, 0.29) is 5.78 Å². The van der Waals surface area contributed by atoms with Gasteiger partial charge in [0.1, 0.15) is 0 Å². The predicted molar refractivity (Wildman–Crippen MR) is 107 cm³/mol. The molecular formula is C22H27N3O. The lowest BCUT2D eigenvalue weighted by Gasteiger charge is -2.32. The van der Waals surface area contributed by atoms with Gasteiger partial charge in [-0.15, -0.1) is 0 Å². The van der Waals surface area contributed by atoms with Crippen molar-refractivity contribution in [3.05, 3.63) is 59.9 Å². The molecule has 1 fully saturated rings. The molecule has 0 spiro atoms. The Hall–Kier alpha value is -2.30. The molecule has 1 aromatic carbocycles. The molecule has 3 rings (SSSR count). The zero-order valence-electron chi connectivity index (χ0n) is 16.0. The quantitative estimate of drug-likeness (QED) is 0.775. The number of piperazine rings is 1. The zero-order chi connectivity index (χ0) is 18.7. The summed E-state index contributed by atoms with van der Waals surface area (Å²) in [5, 5.41) is 0. The molecule has 1 aliphatic heterocycles. The number of benzene rings is 1. The number of hydrogen-bond acceptors (Lipinski definition) is 4. The standard InChI is InChI=1S/C22H27N3O/c1-16-5-6-20(12-22(16)17(2)18(3)26)21-11-19(13-23-14-21)15-25-9-7-24(4)8-10-25/h5-6,11-14H,2,7-10,15H2,1,3-4H3. The third kappa shape index (κ3) is 4.26. The number of ketones is 1. The molecule has 1 aliphatic rings. The molecule has 0 atom stereocenters. The number of Topliss-reactive ketones (excluding diaryl/α,β-unsaturated/α-hetero) is 1. The number of allylic oxidation sites excluding steroid dienone is 1. The first-order chi connectivity index (χ1) is 12.4. The molecule has 0 amide bonds. The van der Waals surface area contributed by atoms with Crippen molar-refractivity contribution in [2.45, 2.75) is 20.4 Å². The summed E-state index contributed by atoms with van der Waals surface area (Å²) in [6, 6.07) is 8.39. The maximum absolute atomic E-state index is 11.7. The molecule has 0 radical (unpaired) electrons. The first-order valence-electron chi connectivity index (χ1n) is 9.10. The molecule has 4 nitrogen and oxygen atoms in total. The van der Waals surface area contributed by atoms with Crippen molar-refractivity contribution in [1.82, 2.24) is 14.8 Å². The van der Waals surface area contributed by atoms with Crippen LogP contribution in [0.1, 0.15) is 23.6 Å². The van der Waals surface area contributed by atoms with Crippen LogP contribution in [0.4, 0.5) is 0 Å². The molecule has 0 aliphatic carbocycles. The molecule has 4 heteroatoms. The second-order valence-corrected chi connectivity index (χ2v) is 7.23. The van der Waals surface area contributed by atoms with Crippen LogP contribution >= 0.6 is 0 Å². The van der Waals surface area contributed by atoms with Crippen LogP contribution in [0.15, 0.2) is 43.2 Å². The largest absolute Gasteiger partial charge is 0.304 e. The van der Waals surface area contributed by atoms with Gasteiger partial charge in [-0.1, -0.05) is 18.7 Å². The maximum Gasteiger partial charge on any atom is 0.159 e. The fourth-order valence-corrected chi connectivity index (χ4v) is 3.31. The Bertz CT molecular complexity index is 820. The van der Waals surface area contributed by atoms with Gasteiger partial charge in [0.2, 0.25) is 0 Å². The number of pyridine rings is 1. The van der Waals surface area contributed by atoms with Crippen molar-refractivity contribution in [2.75, 3.05) is 33.2 Å². The summed E-state index contributed by atoms with van der Waals surface area (Å²) >= 11 is 0. The highest BCUT2D eigenvalue weighted by molar-refractivity contribution is 6.19. The number of carbonyl (C=O) groups is 1. The predicted octanol–water partition coefficient (Wildman–Crippen LogP) is 3.41. The highest BCUT2D eigenvalue weighted by Gasteiger charge is 2.15. The van der Waals surface area contributed by atoms with Gasteiger partial charge >= 0.3 is 0 Å². The first-order valence-corrected chi connectivity index (χ1v) is 9.10. The van der Waals surface area contributed by atoms with Crippen molar-refractivity contribution in [3.63, 3.8) is 0 Å². The van der Waals surface area contributed by atoms with Crippen molar-refractivity contribution in [1.29, 1.82) is 0 Å². The van der Waals surface area contributed by atoms with Crippen LogP contribution < -0.4 is 0 Å². The van der Waals surface area contributed by atoms with E-state index in [1.807, 2.05) is 25.4 Å². The normalized spacial score (nSPS) is 15.8. The minimum atomic E-state index is 0.00666. The number of rotatable bonds is 5. The van der Waals surface area contributed by atoms with E-state index in [2.05, 4.69) is 46.6 Å². The molecule has 1 saturated heterocycles. The van der Waals surface area contributed by atoms with Gasteiger partial charge in [-0.05, 0) is 55.3 Å². The van der Waals surface area contributed by atoms with E-state index in [4.69, 9.17) is 0 Å². The fourth-order valence-electron chi connectivity index (χ4n) is 3.31. The first kappa shape index (κ1) is 18.5. The van der Waals surface area contributed by atoms with Gasteiger partial charge in [0.15, 0.2) is 5.78 Å². The second kappa shape index (κ2) is 7.94. The van der Waals surface area contributed by atoms with Gasteiger partial charge < -0.3 is 4.90 Å². The summed E-state index contributed by atoms with van der Waals surface area (Å²) in [7, 11) is 2.17. The summed E-state index contributed by atoms with van der Waals surface area (Å²) in [4.78, 5) is 21.0. The smallest absolute Gasteiger partial charge is 0.159 e. The third-order valence-electron chi connectivity index (χ3n) is 5.12. The molecule has 26 heavy (non-hydrogen) atoms. The van der Waals surface area contributed by atoms with Crippen LogP contribution in [-0.4, -0.2) is 53.8 Å². The van der Waals surface area contributed by atoms with Crippen LogP contribution in [0.3, 0.4) is 0 Å². The number of aromatic nitrogens is 1. The SMILES string of the molecule is C=C(C(C)=O)c1cc(-c2cncc(CN3CCN(C)CC3)c2)ccc1C. The molecule has 136 valence electrons. The van der Waals surface area contributed by atoms with Gasteiger partial charge in [-0.2, -0.15) is 0 Å². The zero-order valence-corrected chi connectivity index (χ0v) is 16.0. The highest BCUT2D eigenvalue weighted by Crippen LogP contribution is 2.27. The lowest BCUT2D eigenvalue weighted by molar-refractivity contribution is -0.111. The highest BCUT2D eigenvalue weighted by atomic mass is 16.1. The molecule has 0 unspecified atom stereocenters. The number of hydrogen-bond donors (Lipinski definition) is 0. The molecule has 1 aromatic heterocycles. The van der Waals surface area contributed by atoms with Gasteiger partial charge in [0.05, 0.1) is 0 Å². The fraction of sp³-hybridized carbons (Fsp3) is 0.364. The van der Waals surface area contributed by atoms with Crippen LogP contribution in [-0.2, 0) is 11.3 Å². The van der Waals surface area contributed by atoms with Gasteiger partial charge in [0.25, 0.3) is 0 Å². The Balaban J connectivity index is 1.83. The van der Waals surface area contributed by atoms with Gasteiger partial charge in [-0.3, -0.25) is 14.7 Å². The van der Waals surface area contributed by atoms with E-state index in [1.165, 1.54) is 5.56 Å². The molecule has 0 bridgehead atoms. The molecule has 0 N–H and O–H groups in total. The Labute approximate surface area is 156 Å². The average molecular weight is 349 g/mol. The Morgan fingerprint density at radius 1 is 1.12 bits per heavy atom. The van der Waals surface area contributed by atoms with Crippen molar-refractivity contribution >= 4 is 11.4 Å². The molecule has 2 heterocycles. The number of aryl methyl sites for hydroxylation is 1. The number of nitrogens with zero attached hydrogens (tertiary/aromatic N) is 3. The van der Waals surface area contributed by atoms with Crippen LogP contribution in [0.25, 0.3) is 16.7 Å². The van der Waals surface area contributed by atoms with E-state index in [0.29, 0.717) is 5.57 Å². The molecular weight excluding hydrogens is 322 g/mol. The average Bonchev–Trinajstić information content (AvgIpc) is 2.63. The Morgan fingerprint density at radius 2 is 1.85 bits per heavy atom. The number of likely N-dealkylation sites (N-methyl/N-ethyl adjacent to an activating group) is 1. The Morgan fingerprint density at radius 3 is 2.54 bits per heavy atom. The lowest BCUT2D eigenvalue weighted by Crippen LogP contribution is -2.43. The topological polar surface area (TPSA) is 36.4 Å². The minimum absolute atomic E-state index is 0.00666. The van der Waals surface area contributed by atoms with Crippen LogP contribution in [0, 0.1) is 6.92 Å². The van der Waals surface area contributed by atoms with E-state index in [0.717, 1.165) is 55.0 Å². The van der Waals surface area contributed by atoms with Crippen LogP contribution in [0.2, 0.25) is 0 Å². The second-order valence-electron chi connectivity index (χ2n) is 7.23. The molecule has 2 aromatic rings. The van der Waals surface area contributed by atoms with Crippen molar-refractivity contribution in [2.24, 2.45) is 0 Å². The lowest BCUT2D eigenvalue weighted by atomic mass is 9.94. The summed E-state index contributed by atoms with van der Waals surface area (Å²) in [5.41, 5.74) is 5.91. The van der Waals surface area contributed by atoms with Crippen molar-refractivity contribution in [3.8, 4) is 11.1 Å². The van der Waals surface area contributed by atoms with Gasteiger partial charge in [-0.25, -0.2) is 0 Å². The van der Waals surface area contributed by atoms with E-state index < -0.39 is 0 Å². The summed E-state index contributed by atoms with van der Waals surface area (Å²) in [5.74, 6) is 0.00666. The Kier molecular flexibility index (Phi) is 5.64. The maximum atomic E-state index is 11.7. The van der Waals surface area contributed by atoms with E-state index in [1.54, 1.807) is 6.92 Å². The summed E-state index contributed by atoms with van der Waals surface area (Å²) in [6.45, 7) is 12.8. The van der Waals surface area contributed by atoms with Gasteiger partial charge in [0, 0.05) is 56.3 Å². The molecule has 0 saturated carbocycles.